The quantitative estimate of drug-likeness (QED) is 0.326. The van der Waals surface area contributed by atoms with Gasteiger partial charge in [0.1, 0.15) is 5.75 Å². The number of nitrogens with zero attached hydrogens (tertiary/aromatic N) is 1. The summed E-state index contributed by atoms with van der Waals surface area (Å²) in [5, 5.41) is 14.5. The number of imide groups is 2. The van der Waals surface area contributed by atoms with Crippen LogP contribution in [0.25, 0.3) is 0 Å². The fraction of sp³-hybridized carbons (Fsp3) is 0.250. The first-order valence-electron chi connectivity index (χ1n) is 13.5. The van der Waals surface area contributed by atoms with Gasteiger partial charge in [-0.05, 0) is 60.7 Å². The smallest absolute Gasteiger partial charge is 0.246 e. The number of nitrogens with one attached hydrogen (secondary N) is 1. The summed E-state index contributed by atoms with van der Waals surface area (Å²) in [6, 6.07) is 20.4. The molecule has 0 unspecified atom stereocenters. The van der Waals surface area contributed by atoms with Gasteiger partial charge in [-0.2, -0.15) is 0 Å². The molecule has 2 N–H and O–H groups in total. The van der Waals surface area contributed by atoms with Crippen molar-refractivity contribution in [3.05, 3.63) is 106 Å². The van der Waals surface area contributed by atoms with E-state index < -0.39 is 46.8 Å². The van der Waals surface area contributed by atoms with Gasteiger partial charge < -0.3 is 5.11 Å². The van der Waals surface area contributed by atoms with E-state index in [9.17, 15) is 24.3 Å². The van der Waals surface area contributed by atoms with Gasteiger partial charge >= 0.3 is 0 Å². The van der Waals surface area contributed by atoms with Crippen molar-refractivity contribution in [3.63, 3.8) is 0 Å². The molecule has 4 aliphatic rings. The molecule has 0 radical (unpaired) electrons. The Bertz CT molecular complexity index is 1690. The van der Waals surface area contributed by atoms with Crippen LogP contribution >= 0.6 is 23.2 Å². The van der Waals surface area contributed by atoms with E-state index in [-0.39, 0.29) is 24.0 Å². The Morgan fingerprint density at radius 3 is 2.37 bits per heavy atom. The molecule has 3 fully saturated rings. The van der Waals surface area contributed by atoms with Gasteiger partial charge in [-0.15, -0.1) is 0 Å². The lowest BCUT2D eigenvalue weighted by molar-refractivity contribution is -0.128. The maximum absolute atomic E-state index is 15.0. The highest BCUT2D eigenvalue weighted by atomic mass is 35.5. The molecule has 9 heteroatoms. The summed E-state index contributed by atoms with van der Waals surface area (Å²) in [4.78, 5) is 56.4. The van der Waals surface area contributed by atoms with Crippen LogP contribution in [0.15, 0.2) is 84.4 Å². The highest BCUT2D eigenvalue weighted by Gasteiger charge is 2.70. The van der Waals surface area contributed by atoms with Crippen LogP contribution in [0, 0.1) is 23.7 Å². The third-order valence-corrected chi connectivity index (χ3v) is 9.78. The zero-order chi connectivity index (χ0) is 28.6. The average molecular weight is 587 g/mol. The summed E-state index contributed by atoms with van der Waals surface area (Å²) in [5.41, 5.74) is 0.639. The molecule has 0 aromatic heterocycles. The second-order valence-corrected chi connectivity index (χ2v) is 12.0. The first-order valence-corrected chi connectivity index (χ1v) is 14.2. The van der Waals surface area contributed by atoms with Gasteiger partial charge in [0.2, 0.25) is 23.6 Å². The second kappa shape index (κ2) is 9.29. The summed E-state index contributed by atoms with van der Waals surface area (Å²) in [6.07, 6.45) is 2.42. The molecule has 4 amide bonds. The van der Waals surface area contributed by atoms with Crippen LogP contribution in [0.4, 0.5) is 5.69 Å². The van der Waals surface area contributed by atoms with Crippen LogP contribution in [-0.2, 0) is 24.6 Å². The molecule has 0 bridgehead atoms. The van der Waals surface area contributed by atoms with Gasteiger partial charge in [-0.25, -0.2) is 4.90 Å². The Kier molecular flexibility index (Phi) is 5.89. The Morgan fingerprint density at radius 2 is 1.61 bits per heavy atom. The molecule has 7 rings (SSSR count). The van der Waals surface area contributed by atoms with Crippen molar-refractivity contribution in [2.24, 2.45) is 23.7 Å². The van der Waals surface area contributed by atoms with E-state index >= 15 is 0 Å². The second-order valence-electron chi connectivity index (χ2n) is 11.2. The van der Waals surface area contributed by atoms with Gasteiger partial charge in [-0.3, -0.25) is 24.5 Å². The van der Waals surface area contributed by atoms with Crippen LogP contribution in [0.1, 0.15) is 29.9 Å². The Morgan fingerprint density at radius 1 is 0.854 bits per heavy atom. The molecule has 2 aliphatic carbocycles. The van der Waals surface area contributed by atoms with E-state index in [0.717, 1.165) is 5.57 Å². The van der Waals surface area contributed by atoms with Crippen LogP contribution in [-0.4, -0.2) is 28.7 Å². The van der Waals surface area contributed by atoms with Gasteiger partial charge in [0.15, 0.2) is 0 Å². The minimum atomic E-state index is -1.46. The molecule has 6 atom stereocenters. The molecule has 3 aromatic carbocycles. The molecular weight excluding hydrogens is 563 g/mol. The van der Waals surface area contributed by atoms with Gasteiger partial charge in [0, 0.05) is 21.5 Å². The van der Waals surface area contributed by atoms with E-state index in [1.54, 1.807) is 36.4 Å². The number of hydrogen-bond acceptors (Lipinski definition) is 5. The molecule has 2 saturated heterocycles. The number of aromatic hydroxyl groups is 1. The predicted molar refractivity (Wildman–Crippen MR) is 152 cm³/mol. The molecule has 2 heterocycles. The number of phenolic OH excluding ortho intramolecular Hbond substituents is 1. The minimum Gasteiger partial charge on any atom is -0.508 e. The fourth-order valence-electron chi connectivity index (χ4n) is 7.76. The van der Waals surface area contributed by atoms with E-state index in [4.69, 9.17) is 23.2 Å². The predicted octanol–water partition coefficient (Wildman–Crippen LogP) is 5.15. The van der Waals surface area contributed by atoms with Crippen molar-refractivity contribution in [1.82, 2.24) is 5.32 Å². The van der Waals surface area contributed by atoms with Crippen LogP contribution in [0.3, 0.4) is 0 Å². The average Bonchev–Trinajstić information content (AvgIpc) is 3.38. The Hall–Kier alpha value is -3.94. The minimum absolute atomic E-state index is 0.0782. The van der Waals surface area contributed by atoms with Crippen molar-refractivity contribution in [2.45, 2.75) is 24.2 Å². The van der Waals surface area contributed by atoms with Crippen molar-refractivity contribution in [1.29, 1.82) is 0 Å². The molecule has 7 nitrogen and oxygen atoms in total. The first kappa shape index (κ1) is 26.0. The van der Waals surface area contributed by atoms with Gasteiger partial charge in [0.05, 0.1) is 28.9 Å². The number of rotatable bonds is 3. The normalized spacial score (nSPS) is 30.4. The van der Waals surface area contributed by atoms with E-state index in [1.165, 1.54) is 11.0 Å². The summed E-state index contributed by atoms with van der Waals surface area (Å²) in [6.45, 7) is 0. The van der Waals surface area contributed by atoms with Crippen molar-refractivity contribution in [2.75, 3.05) is 4.90 Å². The third kappa shape index (κ3) is 3.58. The number of carbonyl (C=O) groups excluding carboxylic acids is 4. The topological polar surface area (TPSA) is 104 Å². The maximum Gasteiger partial charge on any atom is 0.246 e. The molecule has 2 aliphatic heterocycles. The van der Waals surface area contributed by atoms with Gasteiger partial charge in [0.25, 0.3) is 0 Å². The maximum atomic E-state index is 15.0. The number of phenols is 1. The number of benzene rings is 3. The number of hydrogen-bond donors (Lipinski definition) is 2. The van der Waals surface area contributed by atoms with Crippen LogP contribution in [0.2, 0.25) is 10.0 Å². The lowest BCUT2D eigenvalue weighted by Crippen LogP contribution is -2.53. The van der Waals surface area contributed by atoms with Gasteiger partial charge in [-0.1, -0.05) is 71.2 Å². The summed E-state index contributed by atoms with van der Waals surface area (Å²) in [5.74, 6) is -5.11. The lowest BCUT2D eigenvalue weighted by Gasteiger charge is -2.50. The summed E-state index contributed by atoms with van der Waals surface area (Å²) < 4.78 is 0. The van der Waals surface area contributed by atoms with Crippen molar-refractivity contribution in [3.8, 4) is 5.75 Å². The van der Waals surface area contributed by atoms with Crippen molar-refractivity contribution >= 4 is 52.5 Å². The highest BCUT2D eigenvalue weighted by molar-refractivity contribution is 6.32. The van der Waals surface area contributed by atoms with Crippen molar-refractivity contribution < 1.29 is 24.3 Å². The largest absolute Gasteiger partial charge is 0.508 e. The zero-order valence-corrected chi connectivity index (χ0v) is 23.1. The Balaban J connectivity index is 1.54. The SMILES string of the molecule is O=C1NC(=O)[C@H]2CC=C3[C@@H](C[C@H]4C(=O)N(c5cccc(Cl)c5)C(=O)[C@@]4(c4ccccc4)[C@H]3c3cc(Cl)ccc3O)[C@@H]12. The number of allylic oxidation sites excluding steroid dienone is 2. The zero-order valence-electron chi connectivity index (χ0n) is 21.6. The summed E-state index contributed by atoms with van der Waals surface area (Å²) >= 11 is 12.8. The number of halogens is 2. The standard InChI is InChI=1S/C32H24Cl2N2O5/c33-17-7-4-8-19(13-17)36-30(40)24-15-22-20(10-11-21-26(22)29(39)35-28(21)38)27(23-14-18(34)9-12-25(23)37)32(24,31(36)41)16-5-2-1-3-6-16/h1-10,12-14,21-22,24,26-27,37H,11,15H2,(H,35,38,39)/t21-,22+,24-,26-,27+,32+/m0/s1. The summed E-state index contributed by atoms with van der Waals surface area (Å²) in [7, 11) is 0. The fourth-order valence-corrected chi connectivity index (χ4v) is 8.12. The number of fused-ring (bicyclic) bond motifs is 4. The van der Waals surface area contributed by atoms with E-state index in [0.29, 0.717) is 33.3 Å². The number of amides is 4. The molecule has 0 spiro atoms. The van der Waals surface area contributed by atoms with E-state index in [1.807, 2.05) is 36.4 Å². The van der Waals surface area contributed by atoms with Crippen LogP contribution in [0.5, 0.6) is 5.75 Å². The molecule has 1 saturated carbocycles. The monoisotopic (exact) mass is 586 g/mol. The lowest BCUT2D eigenvalue weighted by atomic mass is 9.49. The highest BCUT2D eigenvalue weighted by Crippen LogP contribution is 2.65. The third-order valence-electron chi connectivity index (χ3n) is 9.31. The molecule has 206 valence electrons. The number of anilines is 1. The van der Waals surface area contributed by atoms with Crippen LogP contribution < -0.4 is 10.2 Å². The first-order chi connectivity index (χ1) is 19.7. The number of carbonyl (C=O) groups is 4. The molecule has 3 aromatic rings. The molecule has 41 heavy (non-hydrogen) atoms. The van der Waals surface area contributed by atoms with E-state index in [2.05, 4.69) is 5.32 Å². The molecular formula is C32H24Cl2N2O5. The Labute approximate surface area is 245 Å².